The Labute approximate surface area is 432 Å². The topological polar surface area (TPSA) is 398 Å². The van der Waals surface area contributed by atoms with E-state index in [1.165, 1.54) is 9.80 Å². The summed E-state index contributed by atoms with van der Waals surface area (Å²) in [5.41, 5.74) is 28.1. The Morgan fingerprint density at radius 1 is 0.716 bits per heavy atom. The number of rotatable bonds is 26. The van der Waals surface area contributed by atoms with Gasteiger partial charge in [-0.3, -0.25) is 43.5 Å². The molecule has 410 valence electrons. The van der Waals surface area contributed by atoms with E-state index in [4.69, 9.17) is 28.7 Å². The summed E-state index contributed by atoms with van der Waals surface area (Å²) >= 11 is 0. The first kappa shape index (κ1) is 58.3. The number of amides is 7. The molecule has 0 bridgehead atoms. The zero-order chi connectivity index (χ0) is 53.8. The monoisotopic (exact) mass is 1040 g/mol. The second-order valence-electron chi connectivity index (χ2n) is 20.1. The molecule has 4 aliphatic rings. The molecule has 1 aromatic rings. The van der Waals surface area contributed by atoms with Gasteiger partial charge in [-0.2, -0.15) is 0 Å². The van der Waals surface area contributed by atoms with E-state index in [1.54, 1.807) is 0 Å². The number of guanidine groups is 2. The van der Waals surface area contributed by atoms with E-state index in [9.17, 15) is 48.6 Å². The normalized spacial score (nSPS) is 21.2. The molecular weight excluding hydrogens is 957 g/mol. The lowest BCUT2D eigenvalue weighted by Gasteiger charge is -2.42. The highest BCUT2D eigenvalue weighted by atomic mass is 16.4. The average Bonchev–Trinajstić information content (AvgIpc) is 3.62. The molecule has 2 saturated carbocycles. The number of aliphatic hydroxyl groups excluding tert-OH is 1. The largest absolute Gasteiger partial charge is 0.480 e. The number of carbonyl (C=O) groups excluding carboxylic acids is 7. The van der Waals surface area contributed by atoms with Crippen LogP contribution >= 0.6 is 0 Å². The number of aliphatic imine (C=N–C) groups is 2. The summed E-state index contributed by atoms with van der Waals surface area (Å²) in [4.78, 5) is 119. The van der Waals surface area contributed by atoms with Crippen molar-refractivity contribution in [1.29, 1.82) is 0 Å². The van der Waals surface area contributed by atoms with Crippen LogP contribution in [0.5, 0.6) is 0 Å². The molecule has 3 fully saturated rings. The van der Waals surface area contributed by atoms with Crippen LogP contribution < -0.4 is 55.3 Å². The number of carboxylic acids is 1. The van der Waals surface area contributed by atoms with Gasteiger partial charge >= 0.3 is 5.97 Å². The molecule has 5 rings (SSSR count). The first-order chi connectivity index (χ1) is 35.4. The van der Waals surface area contributed by atoms with E-state index < -0.39 is 77.9 Å². The van der Waals surface area contributed by atoms with Gasteiger partial charge in [-0.05, 0) is 87.7 Å². The minimum atomic E-state index is -1.39. The molecule has 0 aromatic heterocycles. The zero-order valence-electron chi connectivity index (χ0n) is 42.6. The maximum Gasteiger partial charge on any atom is 0.326 e. The van der Waals surface area contributed by atoms with E-state index in [0.29, 0.717) is 51.4 Å². The van der Waals surface area contributed by atoms with E-state index in [1.807, 2.05) is 24.3 Å². The Morgan fingerprint density at radius 2 is 1.34 bits per heavy atom. The predicted molar refractivity (Wildman–Crippen MR) is 275 cm³/mol. The molecule has 2 aliphatic heterocycles. The Bertz CT molecular complexity index is 2180. The van der Waals surface area contributed by atoms with Crippen molar-refractivity contribution in [2.75, 3.05) is 32.8 Å². The van der Waals surface area contributed by atoms with Gasteiger partial charge in [0.05, 0.1) is 12.6 Å². The lowest BCUT2D eigenvalue weighted by atomic mass is 9.84. The maximum absolute atomic E-state index is 14.5. The van der Waals surface area contributed by atoms with Crippen molar-refractivity contribution in [2.24, 2.45) is 44.6 Å². The van der Waals surface area contributed by atoms with Gasteiger partial charge in [-0.1, -0.05) is 62.8 Å². The number of fused-ring (bicyclic) bond motifs is 2. The molecule has 1 aromatic carbocycles. The van der Waals surface area contributed by atoms with Gasteiger partial charge in [0.25, 0.3) is 0 Å². The number of likely N-dealkylation sites (tertiary alicyclic amines) is 1. The lowest BCUT2D eigenvalue weighted by Crippen LogP contribution is -2.61. The molecule has 1 saturated heterocycles. The summed E-state index contributed by atoms with van der Waals surface area (Å²) in [6, 6.07) is 1.84. The molecule has 0 spiro atoms. The van der Waals surface area contributed by atoms with Crippen molar-refractivity contribution in [3.8, 4) is 0 Å². The van der Waals surface area contributed by atoms with Crippen LogP contribution in [0.2, 0.25) is 0 Å². The summed E-state index contributed by atoms with van der Waals surface area (Å²) in [7, 11) is 0. The first-order valence-corrected chi connectivity index (χ1v) is 26.3. The van der Waals surface area contributed by atoms with Crippen molar-refractivity contribution in [3.05, 3.63) is 35.4 Å². The van der Waals surface area contributed by atoms with Gasteiger partial charge in [0.15, 0.2) is 11.9 Å². The number of carbonyl (C=O) groups is 8. The number of hydrogen-bond donors (Lipinski definition) is 12. The number of nitrogens with two attached hydrogens (primary N) is 5. The summed E-state index contributed by atoms with van der Waals surface area (Å²) < 4.78 is 0. The third kappa shape index (κ3) is 16.7. The molecule has 24 heteroatoms. The summed E-state index contributed by atoms with van der Waals surface area (Å²) in [5.74, 6) is -4.66. The summed E-state index contributed by atoms with van der Waals surface area (Å²) in [5, 5.41) is 34.6. The third-order valence-electron chi connectivity index (χ3n) is 14.7. The fourth-order valence-electron chi connectivity index (χ4n) is 10.8. The Hall–Kier alpha value is -6.56. The van der Waals surface area contributed by atoms with Crippen LogP contribution in [0.25, 0.3) is 0 Å². The molecule has 74 heavy (non-hydrogen) atoms. The number of benzene rings is 1. The van der Waals surface area contributed by atoms with Crippen LogP contribution in [0.1, 0.15) is 133 Å². The number of aliphatic carboxylic acids is 1. The van der Waals surface area contributed by atoms with Crippen LogP contribution in [0.3, 0.4) is 0 Å². The van der Waals surface area contributed by atoms with Gasteiger partial charge in [0, 0.05) is 58.0 Å². The number of carboxylic acid groups (broad SMARTS) is 1. The molecule has 2 aliphatic carbocycles. The number of nitrogens with zero attached hydrogens (tertiary/aromatic N) is 4. The Morgan fingerprint density at radius 3 is 1.99 bits per heavy atom. The minimum absolute atomic E-state index is 0.0106. The molecule has 24 nitrogen and oxygen atoms in total. The highest BCUT2D eigenvalue weighted by Gasteiger charge is 2.51. The van der Waals surface area contributed by atoms with Crippen LogP contribution in [0, 0.1) is 5.92 Å². The van der Waals surface area contributed by atoms with Crippen molar-refractivity contribution >= 4 is 59.2 Å². The summed E-state index contributed by atoms with van der Waals surface area (Å²) in [6.45, 7) is -0.0331. The Kier molecular flexibility index (Phi) is 22.7. The lowest BCUT2D eigenvalue weighted by molar-refractivity contribution is -0.156. The van der Waals surface area contributed by atoms with Crippen LogP contribution in [-0.2, 0) is 51.3 Å². The smallest absolute Gasteiger partial charge is 0.326 e. The van der Waals surface area contributed by atoms with E-state index >= 15 is 0 Å². The molecule has 0 unspecified atom stereocenters. The number of nitrogens with one attached hydrogen (secondary N) is 5. The van der Waals surface area contributed by atoms with Gasteiger partial charge < -0.3 is 75.3 Å². The second kappa shape index (κ2) is 28.8. The van der Waals surface area contributed by atoms with Crippen molar-refractivity contribution in [2.45, 2.75) is 177 Å². The van der Waals surface area contributed by atoms with Crippen molar-refractivity contribution < 1.29 is 48.6 Å². The van der Waals surface area contributed by atoms with E-state index in [-0.39, 0.29) is 113 Å². The highest BCUT2D eigenvalue weighted by Crippen LogP contribution is 2.41. The fourth-order valence-corrected chi connectivity index (χ4v) is 10.8. The highest BCUT2D eigenvalue weighted by molar-refractivity contribution is 5.95. The molecule has 2 heterocycles. The van der Waals surface area contributed by atoms with Crippen LogP contribution in [-0.4, -0.2) is 154 Å². The second-order valence-corrected chi connectivity index (χ2v) is 20.1. The van der Waals surface area contributed by atoms with Crippen molar-refractivity contribution in [1.82, 2.24) is 36.4 Å². The van der Waals surface area contributed by atoms with Crippen LogP contribution in [0.4, 0.5) is 0 Å². The quantitative estimate of drug-likeness (QED) is 0.0219. The minimum Gasteiger partial charge on any atom is -0.480 e. The van der Waals surface area contributed by atoms with Gasteiger partial charge in [0.2, 0.25) is 41.4 Å². The SMILES string of the molecule is NC(N)=NCCC[C@@H](N)C(=O)N[C@@H](CCCN=C(N)N)C(=O)NCCCC(=O)NC1(C(=O)NCCCC(=O)N[C@@H](CO)C(=O)N2Cc3ccccc3C[C@@H]2C(=O)N2[C@H](C(=O)O)C[C@@H]3CCCC[C@@H]32)CCCCCC1. The molecule has 7 atom stereocenters. The number of hydrogen-bond acceptors (Lipinski definition) is 12. The molecular formula is C50H80N14O10. The Balaban J connectivity index is 1.11. The molecule has 7 amide bonds. The van der Waals surface area contributed by atoms with Crippen LogP contribution in [0.15, 0.2) is 34.3 Å². The van der Waals surface area contributed by atoms with E-state index in [0.717, 1.165) is 43.2 Å². The van der Waals surface area contributed by atoms with Gasteiger partial charge in [0.1, 0.15) is 29.7 Å². The average molecular weight is 1040 g/mol. The first-order valence-electron chi connectivity index (χ1n) is 26.3. The standard InChI is InChI=1S/C50H80N14O10/c51-34(16-9-25-58-48(52)53)42(68)61-35(17-10-26-59-49(54)55)43(69)56-23-12-20-41(67)62-50(21-7-1-2-8-22-50)47(74)57-24-11-19-40(66)60-36(30-65)44(70)63-29-33-15-4-3-13-31(33)27-38(63)45(71)64-37-18-6-5-14-32(37)28-39(64)46(72)73/h3-4,13,15,32,34-39,65H,1-2,5-12,14,16-30,51H2,(H,56,69)(H,57,74)(H,60,66)(H,61,68)(H,62,67)(H,72,73)(H4,52,53,58)(H4,54,55,59)/t32-,34+,35-,36-,37-,38+,39-/m0/s1. The van der Waals surface area contributed by atoms with Gasteiger partial charge in [-0.15, -0.1) is 0 Å². The zero-order valence-corrected chi connectivity index (χ0v) is 42.6. The van der Waals surface area contributed by atoms with E-state index in [2.05, 4.69) is 36.6 Å². The maximum atomic E-state index is 14.5. The molecule has 17 N–H and O–H groups in total. The third-order valence-corrected chi connectivity index (χ3v) is 14.7. The van der Waals surface area contributed by atoms with Gasteiger partial charge in [-0.25, -0.2) is 4.79 Å². The number of aliphatic hydroxyl groups is 1. The van der Waals surface area contributed by atoms with Crippen molar-refractivity contribution in [3.63, 3.8) is 0 Å². The fraction of sp³-hybridized carbons (Fsp3) is 0.680. The predicted octanol–water partition coefficient (Wildman–Crippen LogP) is -1.42. The summed E-state index contributed by atoms with van der Waals surface area (Å²) in [6.07, 6.45) is 9.42. The molecule has 0 radical (unpaired) electrons.